The summed E-state index contributed by atoms with van der Waals surface area (Å²) in [4.78, 5) is 26.0. The summed E-state index contributed by atoms with van der Waals surface area (Å²) in [6.45, 7) is -0.334. The Morgan fingerprint density at radius 2 is 2.00 bits per heavy atom. The van der Waals surface area contributed by atoms with Gasteiger partial charge in [0.05, 0.1) is 17.6 Å². The van der Waals surface area contributed by atoms with Crippen molar-refractivity contribution in [1.29, 1.82) is 5.26 Å². The van der Waals surface area contributed by atoms with E-state index >= 15 is 0 Å². The lowest BCUT2D eigenvalue weighted by atomic mass is 9.47. The number of amides is 1. The topological polar surface area (TPSA) is 99.4 Å². The maximum Gasteiger partial charge on any atom is 0.306 e. The van der Waals surface area contributed by atoms with Gasteiger partial charge in [-0.05, 0) is 80.6 Å². The van der Waals surface area contributed by atoms with E-state index < -0.39 is 11.5 Å². The molecule has 0 radical (unpaired) electrons. The fourth-order valence-corrected chi connectivity index (χ4v) is 8.14. The molecule has 5 aliphatic carbocycles. The highest BCUT2D eigenvalue weighted by atomic mass is 32.1. The van der Waals surface area contributed by atoms with Crippen molar-refractivity contribution in [1.82, 2.24) is 0 Å². The molecule has 1 amide bonds. The van der Waals surface area contributed by atoms with Crippen LogP contribution >= 0.6 is 11.3 Å². The van der Waals surface area contributed by atoms with Gasteiger partial charge in [0.15, 0.2) is 6.61 Å². The van der Waals surface area contributed by atoms with Gasteiger partial charge in [-0.2, -0.15) is 5.26 Å². The van der Waals surface area contributed by atoms with Crippen LogP contribution in [-0.2, 0) is 27.2 Å². The zero-order valence-corrected chi connectivity index (χ0v) is 17.3. The molecule has 4 bridgehead atoms. The van der Waals surface area contributed by atoms with E-state index in [-0.39, 0.29) is 24.4 Å². The number of ether oxygens (including phenoxy) is 1. The lowest BCUT2D eigenvalue weighted by molar-refractivity contribution is -0.177. The van der Waals surface area contributed by atoms with Crippen molar-refractivity contribution in [3.63, 3.8) is 0 Å². The summed E-state index contributed by atoms with van der Waals surface area (Å²) in [6.07, 6.45) is 8.74. The molecule has 1 aromatic heterocycles. The van der Waals surface area contributed by atoms with Crippen molar-refractivity contribution in [2.75, 3.05) is 11.9 Å². The molecule has 4 atom stereocenters. The van der Waals surface area contributed by atoms with Crippen molar-refractivity contribution in [2.24, 2.45) is 17.3 Å². The first-order valence-corrected chi connectivity index (χ1v) is 11.4. The van der Waals surface area contributed by atoms with E-state index in [9.17, 15) is 20.0 Å². The fraction of sp³-hybridized carbons (Fsp3) is 0.682. The second-order valence-electron chi connectivity index (χ2n) is 9.74. The molecule has 1 aromatic rings. The van der Waals surface area contributed by atoms with E-state index in [4.69, 9.17) is 4.74 Å². The number of fused-ring (bicyclic) bond motifs is 1. The molecule has 6 rings (SSSR count). The average molecular weight is 415 g/mol. The van der Waals surface area contributed by atoms with Gasteiger partial charge in [0, 0.05) is 4.88 Å². The van der Waals surface area contributed by atoms with Crippen LogP contribution in [0.3, 0.4) is 0 Å². The number of hydrogen-bond acceptors (Lipinski definition) is 6. The summed E-state index contributed by atoms with van der Waals surface area (Å²) in [5.41, 5.74) is 0.859. The molecule has 4 fully saturated rings. The Bertz CT molecular complexity index is 901. The van der Waals surface area contributed by atoms with Gasteiger partial charge in [-0.1, -0.05) is 0 Å². The van der Waals surface area contributed by atoms with Crippen molar-refractivity contribution >= 4 is 28.2 Å². The van der Waals surface area contributed by atoms with Crippen LogP contribution in [0, 0.1) is 28.6 Å². The zero-order chi connectivity index (χ0) is 20.2. The van der Waals surface area contributed by atoms with Gasteiger partial charge in [0.1, 0.15) is 11.1 Å². The van der Waals surface area contributed by atoms with Gasteiger partial charge in [-0.3, -0.25) is 9.59 Å². The Morgan fingerprint density at radius 1 is 1.24 bits per heavy atom. The number of anilines is 1. The molecule has 1 heterocycles. The number of nitrogens with one attached hydrogen (secondary N) is 1. The Hall–Kier alpha value is -1.91. The molecule has 7 heteroatoms. The second kappa shape index (κ2) is 6.82. The SMILES string of the molecule is N#Cc1c(NC(=O)COC(=O)CC23C[C@@H]4C[C@@H](CC(O)(C4)C2)C3)sc2c1CCC2. The van der Waals surface area contributed by atoms with Crippen LogP contribution in [0.25, 0.3) is 0 Å². The lowest BCUT2D eigenvalue weighted by Crippen LogP contribution is -2.56. The minimum absolute atomic E-state index is 0.158. The third-order valence-corrected chi connectivity index (χ3v) is 8.53. The van der Waals surface area contributed by atoms with Crippen molar-refractivity contribution in [3.8, 4) is 6.07 Å². The summed E-state index contributed by atoms with van der Waals surface area (Å²) in [5.74, 6) is 0.267. The van der Waals surface area contributed by atoms with Gasteiger partial charge < -0.3 is 15.2 Å². The summed E-state index contributed by atoms with van der Waals surface area (Å²) >= 11 is 1.46. The molecule has 29 heavy (non-hydrogen) atoms. The number of nitriles is 1. The van der Waals surface area contributed by atoms with E-state index in [0.717, 1.165) is 50.5 Å². The summed E-state index contributed by atoms with van der Waals surface area (Å²) in [6, 6.07) is 2.20. The highest BCUT2D eigenvalue weighted by Gasteiger charge is 2.57. The lowest BCUT2D eigenvalue weighted by Gasteiger charge is -2.60. The first-order valence-electron chi connectivity index (χ1n) is 10.6. The van der Waals surface area contributed by atoms with Crippen LogP contribution in [0.5, 0.6) is 0 Å². The molecule has 0 aromatic carbocycles. The molecule has 5 aliphatic rings. The number of carbonyl (C=O) groups is 2. The Labute approximate surface area is 174 Å². The highest BCUT2D eigenvalue weighted by Crippen LogP contribution is 2.62. The smallest absolute Gasteiger partial charge is 0.306 e. The zero-order valence-electron chi connectivity index (χ0n) is 16.5. The maximum atomic E-state index is 12.5. The average Bonchev–Trinajstić information content (AvgIpc) is 3.18. The molecule has 2 unspecified atom stereocenters. The number of esters is 1. The first-order chi connectivity index (χ1) is 13.9. The number of hydrogen-bond donors (Lipinski definition) is 2. The predicted octanol–water partition coefficient (Wildman–Crippen LogP) is 3.31. The first kappa shape index (κ1) is 19.1. The van der Waals surface area contributed by atoms with Crippen LogP contribution < -0.4 is 5.32 Å². The van der Waals surface area contributed by atoms with Crippen LogP contribution in [0.2, 0.25) is 0 Å². The van der Waals surface area contributed by atoms with Gasteiger partial charge in [-0.15, -0.1) is 11.3 Å². The number of aliphatic hydroxyl groups is 1. The Balaban J connectivity index is 1.17. The maximum absolute atomic E-state index is 12.5. The van der Waals surface area contributed by atoms with E-state index in [0.29, 0.717) is 28.8 Å². The summed E-state index contributed by atoms with van der Waals surface area (Å²) in [7, 11) is 0. The van der Waals surface area contributed by atoms with Crippen molar-refractivity contribution in [2.45, 2.75) is 69.8 Å². The normalized spacial score (nSPS) is 33.9. The number of thiophene rings is 1. The van der Waals surface area contributed by atoms with Crippen LogP contribution in [0.1, 0.15) is 67.4 Å². The van der Waals surface area contributed by atoms with Crippen molar-refractivity contribution in [3.05, 3.63) is 16.0 Å². The quantitative estimate of drug-likeness (QED) is 0.720. The van der Waals surface area contributed by atoms with Gasteiger partial charge >= 0.3 is 5.97 Å². The third kappa shape index (κ3) is 3.47. The van der Waals surface area contributed by atoms with E-state index in [1.807, 2.05) is 0 Å². The predicted molar refractivity (Wildman–Crippen MR) is 107 cm³/mol. The van der Waals surface area contributed by atoms with E-state index in [1.54, 1.807) is 0 Å². The van der Waals surface area contributed by atoms with Gasteiger partial charge in [-0.25, -0.2) is 0 Å². The molecule has 0 aliphatic heterocycles. The largest absolute Gasteiger partial charge is 0.456 e. The van der Waals surface area contributed by atoms with Crippen LogP contribution in [-0.4, -0.2) is 29.2 Å². The molecule has 0 spiro atoms. The van der Waals surface area contributed by atoms with Crippen molar-refractivity contribution < 1.29 is 19.4 Å². The summed E-state index contributed by atoms with van der Waals surface area (Å²) < 4.78 is 5.29. The molecule has 2 N–H and O–H groups in total. The van der Waals surface area contributed by atoms with Crippen LogP contribution in [0.15, 0.2) is 0 Å². The second-order valence-corrected chi connectivity index (χ2v) is 10.8. The molecule has 0 saturated heterocycles. The number of aryl methyl sites for hydroxylation is 1. The molecule has 4 saturated carbocycles. The Morgan fingerprint density at radius 3 is 2.69 bits per heavy atom. The molecule has 6 nitrogen and oxygen atoms in total. The van der Waals surface area contributed by atoms with E-state index in [1.165, 1.54) is 22.6 Å². The minimum atomic E-state index is -0.602. The number of carbonyl (C=O) groups excluding carboxylic acids is 2. The molecular weight excluding hydrogens is 388 g/mol. The van der Waals surface area contributed by atoms with Gasteiger partial charge in [0.25, 0.3) is 5.91 Å². The third-order valence-electron chi connectivity index (χ3n) is 7.32. The highest BCUT2D eigenvalue weighted by molar-refractivity contribution is 7.16. The van der Waals surface area contributed by atoms with E-state index in [2.05, 4.69) is 11.4 Å². The molecule has 154 valence electrons. The standard InChI is InChI=1S/C22H26N2O4S/c23-10-16-15-2-1-3-17(15)29-20(16)24-18(25)11-28-19(26)9-21-5-13-4-14(6-21)8-22(27,7-13)12-21/h13-14,27H,1-9,11-12H2,(H,24,25)/t13-,14+,21?,22?. The van der Waals surface area contributed by atoms with Crippen LogP contribution in [0.4, 0.5) is 5.00 Å². The Kier molecular flexibility index (Phi) is 4.48. The monoisotopic (exact) mass is 414 g/mol. The molecular formula is C22H26N2O4S. The van der Waals surface area contributed by atoms with Gasteiger partial charge in [0.2, 0.25) is 0 Å². The number of nitrogens with zero attached hydrogens (tertiary/aromatic N) is 1. The summed E-state index contributed by atoms with van der Waals surface area (Å²) in [5, 5.41) is 23.6. The minimum Gasteiger partial charge on any atom is -0.456 e. The fourth-order valence-electron chi connectivity index (χ4n) is 6.89. The number of rotatable bonds is 5.